The molecule has 1 atom stereocenters. The van der Waals surface area contributed by atoms with Gasteiger partial charge >= 0.3 is 12.1 Å². The van der Waals surface area contributed by atoms with Gasteiger partial charge in [0.1, 0.15) is 12.7 Å². The van der Waals surface area contributed by atoms with Crippen molar-refractivity contribution < 1.29 is 42.1 Å². The lowest BCUT2D eigenvalue weighted by Crippen LogP contribution is -2.34. The van der Waals surface area contributed by atoms with E-state index in [-0.39, 0.29) is 18.6 Å². The summed E-state index contributed by atoms with van der Waals surface area (Å²) in [4.78, 5) is 20.7. The lowest BCUT2D eigenvalue weighted by Gasteiger charge is -2.22. The molecule has 0 bridgehead atoms. The minimum Gasteiger partial charge on any atom is -0.475 e. The number of amides is 1. The summed E-state index contributed by atoms with van der Waals surface area (Å²) in [5.74, 6) is -2.92. The highest BCUT2D eigenvalue weighted by Gasteiger charge is 2.38. The van der Waals surface area contributed by atoms with Crippen LogP contribution in [0.5, 0.6) is 0 Å². The Morgan fingerprint density at radius 1 is 1.27 bits per heavy atom. The first-order chi connectivity index (χ1) is 15.7. The van der Waals surface area contributed by atoms with E-state index in [9.17, 15) is 18.0 Å². The monoisotopic (exact) mass is 473 g/mol. The maximum atomic E-state index is 11.8. The second-order valence-electron chi connectivity index (χ2n) is 6.98. The van der Waals surface area contributed by atoms with Crippen molar-refractivity contribution in [2.75, 3.05) is 40.1 Å². The number of benzene rings is 1. The number of ether oxygens (including phenoxy) is 3. The molecule has 1 aromatic heterocycles. The molecule has 1 amide bonds. The summed E-state index contributed by atoms with van der Waals surface area (Å²) in [6.07, 6.45) is -2.39. The largest absolute Gasteiger partial charge is 0.490 e. The average Bonchev–Trinajstić information content (AvgIpc) is 3.18. The lowest BCUT2D eigenvalue weighted by molar-refractivity contribution is -0.192. The maximum Gasteiger partial charge on any atom is 0.490 e. The Labute approximate surface area is 188 Å². The smallest absolute Gasteiger partial charge is 0.475 e. The Bertz CT molecular complexity index is 889. The number of aliphatic carboxylic acids is 1. The minimum absolute atomic E-state index is 0.0192. The van der Waals surface area contributed by atoms with Gasteiger partial charge in [0.25, 0.3) is 0 Å². The van der Waals surface area contributed by atoms with Gasteiger partial charge < -0.3 is 24.6 Å². The van der Waals surface area contributed by atoms with Crippen LogP contribution >= 0.6 is 0 Å². The van der Waals surface area contributed by atoms with Gasteiger partial charge in [0.15, 0.2) is 0 Å². The lowest BCUT2D eigenvalue weighted by atomic mass is 10.1. The fourth-order valence-electron chi connectivity index (χ4n) is 2.90. The van der Waals surface area contributed by atoms with E-state index < -0.39 is 12.1 Å². The highest BCUT2D eigenvalue weighted by Crippen LogP contribution is 2.25. The number of carboxylic acid groups (broad SMARTS) is 1. The van der Waals surface area contributed by atoms with Crippen molar-refractivity contribution in [1.29, 1.82) is 0 Å². The van der Waals surface area contributed by atoms with E-state index >= 15 is 0 Å². The third-order valence-corrected chi connectivity index (χ3v) is 4.44. The number of methoxy groups -OCH3 is 1. The summed E-state index contributed by atoms with van der Waals surface area (Å²) < 4.78 is 49.6. The number of alkyl halides is 3. The Morgan fingerprint density at radius 3 is 2.61 bits per heavy atom. The zero-order valence-corrected chi connectivity index (χ0v) is 18.0. The molecule has 3 rings (SSSR count). The maximum absolute atomic E-state index is 11.8. The molecule has 2 heterocycles. The number of nitrogens with one attached hydrogen (secondary N) is 1. The first kappa shape index (κ1) is 26.3. The predicted octanol–water partition coefficient (Wildman–Crippen LogP) is 1.96. The molecule has 0 radical (unpaired) electrons. The Hall–Kier alpha value is -2.96. The van der Waals surface area contributed by atoms with Crippen LogP contribution in [0.2, 0.25) is 0 Å². The fourth-order valence-corrected chi connectivity index (χ4v) is 2.90. The third kappa shape index (κ3) is 9.20. The third-order valence-electron chi connectivity index (χ3n) is 4.44. The van der Waals surface area contributed by atoms with Gasteiger partial charge in [-0.1, -0.05) is 30.3 Å². The summed E-state index contributed by atoms with van der Waals surface area (Å²) in [6.45, 7) is 2.64. The number of carbonyl (C=O) groups excluding carboxylic acids is 1. The summed E-state index contributed by atoms with van der Waals surface area (Å²) >= 11 is 0. The van der Waals surface area contributed by atoms with E-state index in [0.717, 1.165) is 18.7 Å². The molecule has 1 aromatic carbocycles. The number of halogens is 3. The van der Waals surface area contributed by atoms with Crippen LogP contribution in [0, 0.1) is 0 Å². The highest BCUT2D eigenvalue weighted by atomic mass is 19.4. The van der Waals surface area contributed by atoms with Crippen LogP contribution in [-0.2, 0) is 36.8 Å². The fraction of sp³-hybridized carbons (Fsp3) is 0.476. The normalized spacial score (nSPS) is 15.2. The Kier molecular flexibility index (Phi) is 10.3. The highest BCUT2D eigenvalue weighted by molar-refractivity contribution is 5.77. The number of aromatic nitrogens is 2. The molecule has 0 spiro atoms. The second kappa shape index (κ2) is 12.9. The minimum atomic E-state index is -5.08. The number of nitrogens with zero attached hydrogens (tertiary/aromatic N) is 2. The molecular formula is C21H26F3N3O6. The van der Waals surface area contributed by atoms with Crippen LogP contribution in [-0.4, -0.2) is 73.0 Å². The number of carbonyl (C=O) groups is 2. The van der Waals surface area contributed by atoms with E-state index in [4.69, 9.17) is 24.1 Å². The van der Waals surface area contributed by atoms with Gasteiger partial charge in [-0.05, 0) is 17.5 Å². The zero-order valence-electron chi connectivity index (χ0n) is 18.0. The number of fused-ring (bicyclic) bond motifs is 1. The summed E-state index contributed by atoms with van der Waals surface area (Å²) in [6, 6.07) is 10.2. The van der Waals surface area contributed by atoms with Gasteiger partial charge in [0, 0.05) is 19.9 Å². The summed E-state index contributed by atoms with van der Waals surface area (Å²) in [5.41, 5.74) is 3.29. The molecule has 1 aliphatic heterocycles. The average molecular weight is 473 g/mol. The van der Waals surface area contributed by atoms with E-state index in [1.807, 2.05) is 22.9 Å². The van der Waals surface area contributed by atoms with Crippen LogP contribution in [0.3, 0.4) is 0 Å². The SMILES string of the molecule is COCCOCC(=O)NCC1OCCc2cn(Cc3ccccc3)nc21.O=C(O)C(F)(F)F. The summed E-state index contributed by atoms with van der Waals surface area (Å²) in [7, 11) is 1.60. The van der Waals surface area contributed by atoms with Gasteiger partial charge in [-0.15, -0.1) is 0 Å². The summed E-state index contributed by atoms with van der Waals surface area (Å²) in [5, 5.41) is 14.7. The molecule has 9 nitrogen and oxygen atoms in total. The van der Waals surface area contributed by atoms with Crippen LogP contribution in [0.1, 0.15) is 22.9 Å². The van der Waals surface area contributed by atoms with Crippen LogP contribution in [0.15, 0.2) is 36.5 Å². The van der Waals surface area contributed by atoms with Gasteiger partial charge in [0.05, 0.1) is 32.1 Å². The van der Waals surface area contributed by atoms with Gasteiger partial charge in [0.2, 0.25) is 5.91 Å². The van der Waals surface area contributed by atoms with Crippen LogP contribution in [0.25, 0.3) is 0 Å². The van der Waals surface area contributed by atoms with Crippen molar-refractivity contribution in [2.24, 2.45) is 0 Å². The van der Waals surface area contributed by atoms with E-state index in [1.165, 1.54) is 11.1 Å². The van der Waals surface area contributed by atoms with Crippen molar-refractivity contribution in [3.8, 4) is 0 Å². The quantitative estimate of drug-likeness (QED) is 0.536. The topological polar surface area (TPSA) is 112 Å². The molecule has 0 saturated carbocycles. The molecule has 182 valence electrons. The van der Waals surface area contributed by atoms with Gasteiger partial charge in [-0.3, -0.25) is 9.48 Å². The molecule has 0 saturated heterocycles. The Morgan fingerprint density at radius 2 is 1.97 bits per heavy atom. The molecule has 2 aromatic rings. The van der Waals surface area contributed by atoms with Crippen LogP contribution < -0.4 is 5.32 Å². The van der Waals surface area contributed by atoms with Crippen molar-refractivity contribution in [1.82, 2.24) is 15.1 Å². The van der Waals surface area contributed by atoms with Crippen molar-refractivity contribution in [3.63, 3.8) is 0 Å². The van der Waals surface area contributed by atoms with Gasteiger partial charge in [-0.2, -0.15) is 18.3 Å². The molecule has 0 aliphatic carbocycles. The van der Waals surface area contributed by atoms with Crippen molar-refractivity contribution in [3.05, 3.63) is 53.3 Å². The number of rotatable bonds is 9. The molecule has 0 fully saturated rings. The first-order valence-electron chi connectivity index (χ1n) is 10.1. The zero-order chi connectivity index (χ0) is 24.3. The van der Waals surface area contributed by atoms with E-state index in [2.05, 4.69) is 28.7 Å². The molecule has 1 aliphatic rings. The van der Waals surface area contributed by atoms with Gasteiger partial charge in [-0.25, -0.2) is 4.79 Å². The predicted molar refractivity (Wildman–Crippen MR) is 110 cm³/mol. The number of hydrogen-bond acceptors (Lipinski definition) is 6. The van der Waals surface area contributed by atoms with Crippen LogP contribution in [0.4, 0.5) is 13.2 Å². The molecular weight excluding hydrogens is 447 g/mol. The van der Waals surface area contributed by atoms with Crippen molar-refractivity contribution in [2.45, 2.75) is 25.2 Å². The Balaban J connectivity index is 0.000000479. The number of hydrogen-bond donors (Lipinski definition) is 2. The standard InChI is InChI=1S/C19H25N3O4.C2HF3O2/c1-24-9-10-25-14-18(23)20-11-17-19-16(7-8-26-17)13-22(21-19)12-15-5-3-2-4-6-15;3-2(4,5)1(6)7/h2-6,13,17H,7-12,14H2,1H3,(H,20,23);(H,6,7). The second-order valence-corrected chi connectivity index (χ2v) is 6.98. The first-order valence-corrected chi connectivity index (χ1v) is 10.1. The van der Waals surface area contributed by atoms with E-state index in [1.54, 1.807) is 7.11 Å². The molecule has 12 heteroatoms. The molecule has 33 heavy (non-hydrogen) atoms. The van der Waals surface area contributed by atoms with E-state index in [0.29, 0.717) is 26.4 Å². The number of carboxylic acids is 1. The molecule has 2 N–H and O–H groups in total. The molecule has 1 unspecified atom stereocenters. The van der Waals surface area contributed by atoms with Crippen molar-refractivity contribution >= 4 is 11.9 Å².